The summed E-state index contributed by atoms with van der Waals surface area (Å²) in [4.78, 5) is 5.77. The molecule has 0 aromatic rings. The van der Waals surface area contributed by atoms with Gasteiger partial charge in [-0.1, -0.05) is 51.7 Å². The van der Waals surface area contributed by atoms with Crippen molar-refractivity contribution in [2.75, 3.05) is 7.05 Å². The SMILES string of the molecule is CNOC1CCC2(C)C(=CCC3C4CCC(S)(CCCCC(C)C)C4CCC32)C1. The molecule has 0 amide bonds. The van der Waals surface area contributed by atoms with Gasteiger partial charge in [0.1, 0.15) is 0 Å². The van der Waals surface area contributed by atoms with E-state index < -0.39 is 0 Å². The van der Waals surface area contributed by atoms with Crippen LogP contribution in [0.25, 0.3) is 0 Å². The first-order chi connectivity index (χ1) is 13.9. The monoisotopic (exact) mass is 419 g/mol. The van der Waals surface area contributed by atoms with Gasteiger partial charge in [0, 0.05) is 11.8 Å². The van der Waals surface area contributed by atoms with E-state index in [0.717, 1.165) is 36.0 Å². The lowest BCUT2D eigenvalue weighted by Crippen LogP contribution is -2.49. The summed E-state index contributed by atoms with van der Waals surface area (Å²) in [7, 11) is 1.90. The van der Waals surface area contributed by atoms with Crippen molar-refractivity contribution < 1.29 is 4.84 Å². The molecular formula is C26H45NOS. The first-order valence-electron chi connectivity index (χ1n) is 12.6. The first-order valence-corrected chi connectivity index (χ1v) is 13.1. The van der Waals surface area contributed by atoms with Crippen LogP contribution in [0.1, 0.15) is 97.8 Å². The van der Waals surface area contributed by atoms with Crippen molar-refractivity contribution in [3.8, 4) is 0 Å². The topological polar surface area (TPSA) is 21.3 Å². The lowest BCUT2D eigenvalue weighted by molar-refractivity contribution is -0.0575. The fourth-order valence-electron chi connectivity index (χ4n) is 7.98. The molecule has 166 valence electrons. The smallest absolute Gasteiger partial charge is 0.0827 e. The number of allylic oxidation sites excluding steroid dienone is 1. The normalized spacial score (nSPS) is 44.2. The van der Waals surface area contributed by atoms with E-state index in [1.54, 1.807) is 5.57 Å². The Morgan fingerprint density at radius 3 is 2.66 bits per heavy atom. The van der Waals surface area contributed by atoms with E-state index in [1.165, 1.54) is 70.6 Å². The summed E-state index contributed by atoms with van der Waals surface area (Å²) in [6, 6.07) is 0. The molecular weight excluding hydrogens is 374 g/mol. The molecule has 4 rings (SSSR count). The Morgan fingerprint density at radius 2 is 1.90 bits per heavy atom. The summed E-state index contributed by atoms with van der Waals surface area (Å²) in [5.41, 5.74) is 5.08. The van der Waals surface area contributed by atoms with Gasteiger partial charge in [-0.2, -0.15) is 12.6 Å². The molecule has 0 aromatic heterocycles. The second-order valence-corrected chi connectivity index (χ2v) is 12.4. The number of fused-ring (bicyclic) bond motifs is 5. The van der Waals surface area contributed by atoms with E-state index in [4.69, 9.17) is 17.5 Å². The molecule has 0 spiro atoms. The maximum Gasteiger partial charge on any atom is 0.0827 e. The molecule has 3 saturated carbocycles. The fourth-order valence-corrected chi connectivity index (χ4v) is 8.59. The molecule has 0 bridgehead atoms. The van der Waals surface area contributed by atoms with Gasteiger partial charge in [0.2, 0.25) is 0 Å². The molecule has 29 heavy (non-hydrogen) atoms. The van der Waals surface area contributed by atoms with Crippen LogP contribution < -0.4 is 5.48 Å². The van der Waals surface area contributed by atoms with Gasteiger partial charge in [0.25, 0.3) is 0 Å². The third kappa shape index (κ3) is 4.22. The first kappa shape index (κ1) is 22.2. The van der Waals surface area contributed by atoms with Gasteiger partial charge in [-0.3, -0.25) is 4.84 Å². The number of hydrogen-bond donors (Lipinski definition) is 2. The van der Waals surface area contributed by atoms with Crippen molar-refractivity contribution in [3.05, 3.63) is 11.6 Å². The minimum atomic E-state index is 0.329. The van der Waals surface area contributed by atoms with Crippen LogP contribution in [0.2, 0.25) is 0 Å². The Morgan fingerprint density at radius 1 is 1.10 bits per heavy atom. The highest BCUT2D eigenvalue weighted by Crippen LogP contribution is 2.64. The van der Waals surface area contributed by atoms with Crippen LogP contribution in [0, 0.1) is 35.0 Å². The molecule has 2 nitrogen and oxygen atoms in total. The fraction of sp³-hybridized carbons (Fsp3) is 0.923. The Hall–Kier alpha value is 0.01000. The summed E-state index contributed by atoms with van der Waals surface area (Å²) in [6.07, 6.45) is 19.2. The highest BCUT2D eigenvalue weighted by atomic mass is 32.1. The van der Waals surface area contributed by atoms with Crippen LogP contribution in [-0.2, 0) is 4.84 Å². The van der Waals surface area contributed by atoms with Gasteiger partial charge in [-0.25, -0.2) is 5.48 Å². The second-order valence-electron chi connectivity index (χ2n) is 11.5. The van der Waals surface area contributed by atoms with E-state index in [2.05, 4.69) is 32.3 Å². The summed E-state index contributed by atoms with van der Waals surface area (Å²) in [6.45, 7) is 7.31. The highest BCUT2D eigenvalue weighted by Gasteiger charge is 2.57. The molecule has 1 N–H and O–H groups in total. The highest BCUT2D eigenvalue weighted by molar-refractivity contribution is 7.81. The van der Waals surface area contributed by atoms with Crippen molar-refractivity contribution in [2.45, 2.75) is 109 Å². The minimum Gasteiger partial charge on any atom is -0.298 e. The van der Waals surface area contributed by atoms with Crippen LogP contribution in [0.5, 0.6) is 0 Å². The van der Waals surface area contributed by atoms with Gasteiger partial charge in [0.05, 0.1) is 6.10 Å². The summed E-state index contributed by atoms with van der Waals surface area (Å²) in [5.74, 6) is 4.45. The number of unbranched alkanes of at least 4 members (excludes halogenated alkanes) is 1. The van der Waals surface area contributed by atoms with Gasteiger partial charge >= 0.3 is 0 Å². The van der Waals surface area contributed by atoms with Gasteiger partial charge in [-0.05, 0) is 92.8 Å². The van der Waals surface area contributed by atoms with E-state index in [1.807, 2.05) is 7.05 Å². The molecule has 4 aliphatic rings. The van der Waals surface area contributed by atoms with E-state index >= 15 is 0 Å². The van der Waals surface area contributed by atoms with Crippen molar-refractivity contribution in [3.63, 3.8) is 0 Å². The molecule has 0 saturated heterocycles. The third-order valence-corrected chi connectivity index (χ3v) is 10.3. The number of rotatable bonds is 7. The molecule has 7 unspecified atom stereocenters. The quantitative estimate of drug-likeness (QED) is 0.201. The Balaban J connectivity index is 1.43. The molecule has 0 aromatic carbocycles. The van der Waals surface area contributed by atoms with Gasteiger partial charge in [-0.15, -0.1) is 0 Å². The van der Waals surface area contributed by atoms with E-state index in [9.17, 15) is 0 Å². The lowest BCUT2D eigenvalue weighted by atomic mass is 9.50. The molecule has 4 aliphatic carbocycles. The molecule has 0 aliphatic heterocycles. The largest absolute Gasteiger partial charge is 0.298 e. The second kappa shape index (κ2) is 8.87. The molecule has 3 fully saturated rings. The van der Waals surface area contributed by atoms with Crippen LogP contribution in [0.3, 0.4) is 0 Å². The molecule has 0 radical (unpaired) electrons. The van der Waals surface area contributed by atoms with Gasteiger partial charge in [0.15, 0.2) is 0 Å². The minimum absolute atomic E-state index is 0.329. The zero-order chi connectivity index (χ0) is 20.6. The van der Waals surface area contributed by atoms with Crippen LogP contribution in [0.4, 0.5) is 0 Å². The summed E-state index contributed by atoms with van der Waals surface area (Å²) < 4.78 is 0.329. The number of hydroxylamine groups is 1. The number of nitrogens with one attached hydrogen (secondary N) is 1. The molecule has 0 heterocycles. The maximum absolute atomic E-state index is 5.77. The van der Waals surface area contributed by atoms with E-state index in [-0.39, 0.29) is 0 Å². The maximum atomic E-state index is 5.77. The van der Waals surface area contributed by atoms with Crippen LogP contribution in [0.15, 0.2) is 11.6 Å². The van der Waals surface area contributed by atoms with Gasteiger partial charge < -0.3 is 0 Å². The molecule has 3 heteroatoms. The zero-order valence-electron chi connectivity index (χ0n) is 19.4. The standard InChI is InChI=1S/C26H45NOS/c1-18(2)7-5-6-14-26(29)16-13-22-21-9-8-19-17-20(28-27-4)12-15-25(19,3)23(21)10-11-24(22)26/h8,18,20-24,27,29H,5-7,9-17H2,1-4H3. The Bertz CT molecular complexity index is 604. The summed E-state index contributed by atoms with van der Waals surface area (Å²) in [5, 5.41) is 0. The van der Waals surface area contributed by atoms with Crippen molar-refractivity contribution in [1.82, 2.24) is 5.48 Å². The average Bonchev–Trinajstić information content (AvgIpc) is 3.03. The summed E-state index contributed by atoms with van der Waals surface area (Å²) >= 11 is 5.39. The number of hydrogen-bond acceptors (Lipinski definition) is 3. The van der Waals surface area contributed by atoms with Crippen LogP contribution in [-0.4, -0.2) is 17.9 Å². The van der Waals surface area contributed by atoms with Crippen LogP contribution >= 0.6 is 12.6 Å². The van der Waals surface area contributed by atoms with E-state index in [0.29, 0.717) is 16.3 Å². The molecule has 7 atom stereocenters. The van der Waals surface area contributed by atoms with Crippen molar-refractivity contribution >= 4 is 12.6 Å². The Labute approximate surface area is 185 Å². The lowest BCUT2D eigenvalue weighted by Gasteiger charge is -2.56. The average molecular weight is 420 g/mol. The third-order valence-electron chi connectivity index (χ3n) is 9.52. The predicted molar refractivity (Wildman–Crippen MR) is 126 cm³/mol. The predicted octanol–water partition coefficient (Wildman–Crippen LogP) is 6.96. The Kier molecular flexibility index (Phi) is 6.79. The van der Waals surface area contributed by atoms with Crippen molar-refractivity contribution in [2.24, 2.45) is 35.0 Å². The van der Waals surface area contributed by atoms with Crippen molar-refractivity contribution in [1.29, 1.82) is 0 Å². The number of thiol groups is 1. The zero-order valence-corrected chi connectivity index (χ0v) is 20.3.